The number of methoxy groups -OCH3 is 1. The molecule has 0 atom stereocenters. The maximum Gasteiger partial charge on any atom is 0.212 e. The highest BCUT2D eigenvalue weighted by Crippen LogP contribution is 2.15. The van der Waals surface area contributed by atoms with Gasteiger partial charge in [0.2, 0.25) is 5.88 Å². The molecule has 1 N–H and O–H groups in total. The molecular weight excluding hydrogens is 250 g/mol. The van der Waals surface area contributed by atoms with Gasteiger partial charge in [-0.15, -0.1) is 0 Å². The van der Waals surface area contributed by atoms with Gasteiger partial charge in [-0.3, -0.25) is 0 Å². The SMILES string of the molecule is COc1ccc(CNc2ccc3ccccc3n2)cn1. The van der Waals surface area contributed by atoms with Crippen LogP contribution in [0.25, 0.3) is 10.9 Å². The summed E-state index contributed by atoms with van der Waals surface area (Å²) in [5.74, 6) is 1.48. The lowest BCUT2D eigenvalue weighted by Gasteiger charge is -2.07. The molecule has 0 saturated heterocycles. The Morgan fingerprint density at radius 3 is 2.75 bits per heavy atom. The van der Waals surface area contributed by atoms with Crippen LogP contribution in [0.4, 0.5) is 5.82 Å². The molecule has 0 amide bonds. The lowest BCUT2D eigenvalue weighted by molar-refractivity contribution is 0.397. The first-order valence-corrected chi connectivity index (χ1v) is 6.44. The molecule has 0 bridgehead atoms. The predicted molar refractivity (Wildman–Crippen MR) is 79.9 cm³/mol. The molecule has 0 radical (unpaired) electrons. The van der Waals surface area contributed by atoms with Crippen LogP contribution in [0, 0.1) is 0 Å². The van der Waals surface area contributed by atoms with E-state index in [1.54, 1.807) is 13.3 Å². The van der Waals surface area contributed by atoms with Gasteiger partial charge >= 0.3 is 0 Å². The van der Waals surface area contributed by atoms with Gasteiger partial charge in [-0.05, 0) is 23.8 Å². The molecule has 100 valence electrons. The molecule has 0 saturated carbocycles. The second-order valence-corrected chi connectivity index (χ2v) is 4.45. The van der Waals surface area contributed by atoms with Crippen LogP contribution in [0.2, 0.25) is 0 Å². The molecule has 4 heteroatoms. The summed E-state index contributed by atoms with van der Waals surface area (Å²) in [4.78, 5) is 8.74. The van der Waals surface area contributed by atoms with Crippen molar-refractivity contribution < 1.29 is 4.74 Å². The molecule has 20 heavy (non-hydrogen) atoms. The number of ether oxygens (including phenoxy) is 1. The van der Waals surface area contributed by atoms with E-state index in [4.69, 9.17) is 4.74 Å². The van der Waals surface area contributed by atoms with E-state index in [1.165, 1.54) is 0 Å². The highest BCUT2D eigenvalue weighted by molar-refractivity contribution is 5.80. The normalized spacial score (nSPS) is 10.4. The summed E-state index contributed by atoms with van der Waals surface area (Å²) < 4.78 is 5.04. The van der Waals surface area contributed by atoms with Crippen LogP contribution in [-0.2, 0) is 6.54 Å². The molecule has 0 aliphatic rings. The van der Waals surface area contributed by atoms with Crippen molar-refractivity contribution in [3.63, 3.8) is 0 Å². The average molecular weight is 265 g/mol. The quantitative estimate of drug-likeness (QED) is 0.786. The van der Waals surface area contributed by atoms with E-state index in [0.717, 1.165) is 22.3 Å². The largest absolute Gasteiger partial charge is 0.481 e. The molecule has 3 aromatic rings. The maximum absolute atomic E-state index is 5.04. The third-order valence-corrected chi connectivity index (χ3v) is 3.08. The average Bonchev–Trinajstić information content (AvgIpc) is 2.53. The fourth-order valence-corrected chi connectivity index (χ4v) is 1.99. The molecule has 0 unspecified atom stereocenters. The zero-order valence-corrected chi connectivity index (χ0v) is 11.2. The molecule has 0 fully saturated rings. The fourth-order valence-electron chi connectivity index (χ4n) is 1.99. The van der Waals surface area contributed by atoms with E-state index in [2.05, 4.69) is 27.4 Å². The van der Waals surface area contributed by atoms with Crippen LogP contribution in [0.3, 0.4) is 0 Å². The van der Waals surface area contributed by atoms with Gasteiger partial charge < -0.3 is 10.1 Å². The number of pyridine rings is 2. The summed E-state index contributed by atoms with van der Waals surface area (Å²) in [6.45, 7) is 0.683. The van der Waals surface area contributed by atoms with Crippen molar-refractivity contribution in [2.75, 3.05) is 12.4 Å². The Kier molecular flexibility index (Phi) is 3.46. The van der Waals surface area contributed by atoms with Crippen LogP contribution >= 0.6 is 0 Å². The van der Waals surface area contributed by atoms with Gasteiger partial charge in [-0.25, -0.2) is 9.97 Å². The monoisotopic (exact) mass is 265 g/mol. The summed E-state index contributed by atoms with van der Waals surface area (Å²) in [5.41, 5.74) is 2.08. The number of anilines is 1. The molecule has 1 aromatic carbocycles. The van der Waals surface area contributed by atoms with Gasteiger partial charge in [0.1, 0.15) is 5.82 Å². The first-order valence-electron chi connectivity index (χ1n) is 6.44. The first kappa shape index (κ1) is 12.4. The van der Waals surface area contributed by atoms with Crippen molar-refractivity contribution in [2.24, 2.45) is 0 Å². The van der Waals surface area contributed by atoms with Gasteiger partial charge in [-0.2, -0.15) is 0 Å². The second-order valence-electron chi connectivity index (χ2n) is 4.45. The lowest BCUT2D eigenvalue weighted by Crippen LogP contribution is -2.02. The zero-order valence-electron chi connectivity index (χ0n) is 11.2. The van der Waals surface area contributed by atoms with E-state index in [9.17, 15) is 0 Å². The first-order chi connectivity index (χ1) is 9.85. The number of benzene rings is 1. The Bertz CT molecular complexity index is 710. The van der Waals surface area contributed by atoms with Crippen LogP contribution < -0.4 is 10.1 Å². The second kappa shape index (κ2) is 5.57. The number of hydrogen-bond donors (Lipinski definition) is 1. The van der Waals surface area contributed by atoms with Gasteiger partial charge in [0.05, 0.1) is 12.6 Å². The molecule has 0 aliphatic carbocycles. The van der Waals surface area contributed by atoms with Crippen LogP contribution in [0.15, 0.2) is 54.7 Å². The van der Waals surface area contributed by atoms with E-state index < -0.39 is 0 Å². The van der Waals surface area contributed by atoms with Crippen molar-refractivity contribution in [3.8, 4) is 5.88 Å². The molecule has 4 nitrogen and oxygen atoms in total. The Morgan fingerprint density at radius 1 is 1.05 bits per heavy atom. The summed E-state index contributed by atoms with van der Waals surface area (Å²) in [6.07, 6.45) is 1.80. The predicted octanol–water partition coefficient (Wildman–Crippen LogP) is 3.25. The van der Waals surface area contributed by atoms with Crippen LogP contribution in [-0.4, -0.2) is 17.1 Å². The number of aromatic nitrogens is 2. The van der Waals surface area contributed by atoms with E-state index in [0.29, 0.717) is 12.4 Å². The Morgan fingerprint density at radius 2 is 1.95 bits per heavy atom. The minimum atomic E-state index is 0.623. The lowest BCUT2D eigenvalue weighted by atomic mass is 10.2. The summed E-state index contributed by atoms with van der Waals surface area (Å²) >= 11 is 0. The Balaban J connectivity index is 1.72. The Labute approximate surface area is 117 Å². The smallest absolute Gasteiger partial charge is 0.212 e. The number of hydrogen-bond acceptors (Lipinski definition) is 4. The fraction of sp³-hybridized carbons (Fsp3) is 0.125. The Hall–Kier alpha value is -2.62. The summed E-state index contributed by atoms with van der Waals surface area (Å²) in [7, 11) is 1.61. The molecular formula is C16H15N3O. The van der Waals surface area contributed by atoms with Crippen molar-refractivity contribution in [1.82, 2.24) is 9.97 Å². The van der Waals surface area contributed by atoms with Crippen molar-refractivity contribution in [1.29, 1.82) is 0 Å². The zero-order chi connectivity index (χ0) is 13.8. The van der Waals surface area contributed by atoms with Crippen LogP contribution in [0.1, 0.15) is 5.56 Å². The van der Waals surface area contributed by atoms with Gasteiger partial charge in [0.25, 0.3) is 0 Å². The number of fused-ring (bicyclic) bond motifs is 1. The van der Waals surface area contributed by atoms with Crippen molar-refractivity contribution >= 4 is 16.7 Å². The van der Waals surface area contributed by atoms with E-state index >= 15 is 0 Å². The maximum atomic E-state index is 5.04. The van der Waals surface area contributed by atoms with Crippen molar-refractivity contribution in [3.05, 3.63) is 60.3 Å². The van der Waals surface area contributed by atoms with E-state index in [1.807, 2.05) is 36.4 Å². The standard InChI is InChI=1S/C16H15N3O/c1-20-16-9-6-12(11-18-16)10-17-15-8-7-13-4-2-3-5-14(13)19-15/h2-9,11H,10H2,1H3,(H,17,19). The van der Waals surface area contributed by atoms with Crippen LogP contribution in [0.5, 0.6) is 5.88 Å². The molecule has 2 aromatic heterocycles. The molecule has 0 aliphatic heterocycles. The number of para-hydroxylation sites is 1. The minimum Gasteiger partial charge on any atom is -0.481 e. The molecule has 0 spiro atoms. The highest BCUT2D eigenvalue weighted by Gasteiger charge is 1.99. The number of nitrogens with one attached hydrogen (secondary N) is 1. The van der Waals surface area contributed by atoms with Gasteiger partial charge in [0, 0.05) is 24.2 Å². The number of nitrogens with zero attached hydrogens (tertiary/aromatic N) is 2. The van der Waals surface area contributed by atoms with Gasteiger partial charge in [-0.1, -0.05) is 24.3 Å². The van der Waals surface area contributed by atoms with Gasteiger partial charge in [0.15, 0.2) is 0 Å². The summed E-state index contributed by atoms with van der Waals surface area (Å²) in [5, 5.41) is 4.44. The molecule has 3 rings (SSSR count). The minimum absolute atomic E-state index is 0.623. The number of rotatable bonds is 4. The highest BCUT2D eigenvalue weighted by atomic mass is 16.5. The van der Waals surface area contributed by atoms with E-state index in [-0.39, 0.29) is 0 Å². The summed E-state index contributed by atoms with van der Waals surface area (Å²) in [6, 6.07) is 16.0. The topological polar surface area (TPSA) is 47.0 Å². The molecule has 2 heterocycles. The van der Waals surface area contributed by atoms with Crippen molar-refractivity contribution in [2.45, 2.75) is 6.54 Å². The third kappa shape index (κ3) is 2.69. The third-order valence-electron chi connectivity index (χ3n) is 3.08.